The average Bonchev–Trinajstić information content (AvgIpc) is 2.71. The normalized spacial score (nSPS) is 12.2. The second-order valence-electron chi connectivity index (χ2n) is 7.01. The molecule has 0 bridgehead atoms. The Kier molecular flexibility index (Phi) is 7.82. The van der Waals surface area contributed by atoms with Gasteiger partial charge in [-0.3, -0.25) is 9.52 Å². The van der Waals surface area contributed by atoms with Crippen molar-refractivity contribution in [1.29, 1.82) is 0 Å². The number of esters is 1. The first kappa shape index (κ1) is 23.2. The summed E-state index contributed by atoms with van der Waals surface area (Å²) >= 11 is 0. The van der Waals surface area contributed by atoms with Crippen LogP contribution < -0.4 is 14.8 Å². The fourth-order valence-electron chi connectivity index (χ4n) is 2.47. The minimum Gasteiger partial charge on any atom is -0.481 e. The number of methoxy groups -OCH3 is 1. The summed E-state index contributed by atoms with van der Waals surface area (Å²) in [5, 5.41) is 2.78. The Morgan fingerprint density at radius 1 is 1.00 bits per heavy atom. The summed E-state index contributed by atoms with van der Waals surface area (Å²) in [6, 6.07) is 11.8. The smallest absolute Gasteiger partial charge is 0.339 e. The van der Waals surface area contributed by atoms with Crippen molar-refractivity contribution in [1.82, 2.24) is 5.32 Å². The molecule has 0 saturated heterocycles. The van der Waals surface area contributed by atoms with E-state index in [0.717, 1.165) is 0 Å². The predicted molar refractivity (Wildman–Crippen MR) is 113 cm³/mol. The maximum Gasteiger partial charge on any atom is 0.339 e. The third-order valence-corrected chi connectivity index (χ3v) is 5.46. The summed E-state index contributed by atoms with van der Waals surface area (Å²) in [5.74, 6) is -0.221. The van der Waals surface area contributed by atoms with E-state index in [1.807, 2.05) is 13.8 Å². The summed E-state index contributed by atoms with van der Waals surface area (Å²) < 4.78 is 38.0. The number of benzene rings is 2. The number of amides is 1. The summed E-state index contributed by atoms with van der Waals surface area (Å²) in [5.41, 5.74) is 0.213. The molecule has 30 heavy (non-hydrogen) atoms. The van der Waals surface area contributed by atoms with Crippen LogP contribution in [-0.4, -0.2) is 40.1 Å². The Morgan fingerprint density at radius 2 is 1.63 bits per heavy atom. The number of para-hydroxylation sites is 1. The SMILES string of the molecule is COC(=O)c1ccccc1NS(=O)(=O)c1ccc(O[C@@H](C)C(=O)NCC(C)C)cc1. The van der Waals surface area contributed by atoms with E-state index in [-0.39, 0.29) is 22.1 Å². The van der Waals surface area contributed by atoms with Crippen LogP contribution in [0.25, 0.3) is 0 Å². The van der Waals surface area contributed by atoms with Gasteiger partial charge in [-0.1, -0.05) is 26.0 Å². The molecule has 0 aliphatic rings. The van der Waals surface area contributed by atoms with Crippen LogP contribution >= 0.6 is 0 Å². The second kappa shape index (κ2) is 10.1. The van der Waals surface area contributed by atoms with Crippen molar-refractivity contribution >= 4 is 27.6 Å². The lowest BCUT2D eigenvalue weighted by Crippen LogP contribution is -2.38. The van der Waals surface area contributed by atoms with Crippen LogP contribution in [0.5, 0.6) is 5.75 Å². The summed E-state index contributed by atoms with van der Waals surface area (Å²) in [6.45, 7) is 6.14. The molecule has 9 heteroatoms. The molecule has 0 aliphatic carbocycles. The highest BCUT2D eigenvalue weighted by molar-refractivity contribution is 7.92. The van der Waals surface area contributed by atoms with Crippen molar-refractivity contribution in [3.63, 3.8) is 0 Å². The molecule has 0 saturated carbocycles. The first-order valence-corrected chi connectivity index (χ1v) is 10.9. The van der Waals surface area contributed by atoms with Gasteiger partial charge in [0.05, 0.1) is 23.3 Å². The van der Waals surface area contributed by atoms with Gasteiger partial charge in [0.1, 0.15) is 5.75 Å². The molecule has 0 aliphatic heterocycles. The van der Waals surface area contributed by atoms with Gasteiger partial charge in [0, 0.05) is 6.54 Å². The van der Waals surface area contributed by atoms with Crippen molar-refractivity contribution in [2.75, 3.05) is 18.4 Å². The lowest BCUT2D eigenvalue weighted by molar-refractivity contribution is -0.127. The number of rotatable bonds is 9. The zero-order chi connectivity index (χ0) is 22.3. The molecule has 0 heterocycles. The topological polar surface area (TPSA) is 111 Å². The van der Waals surface area contributed by atoms with Crippen molar-refractivity contribution in [3.05, 3.63) is 54.1 Å². The Bertz CT molecular complexity index is 987. The minimum absolute atomic E-state index is 0.0218. The highest BCUT2D eigenvalue weighted by Gasteiger charge is 2.20. The van der Waals surface area contributed by atoms with Crippen molar-refractivity contribution in [3.8, 4) is 5.75 Å². The predicted octanol–water partition coefficient (Wildman–Crippen LogP) is 2.81. The number of ether oxygens (including phenoxy) is 2. The molecule has 0 unspecified atom stereocenters. The van der Waals surface area contributed by atoms with E-state index in [0.29, 0.717) is 18.2 Å². The first-order valence-electron chi connectivity index (χ1n) is 9.38. The van der Waals surface area contributed by atoms with Gasteiger partial charge in [0.15, 0.2) is 6.10 Å². The van der Waals surface area contributed by atoms with Crippen LogP contribution in [-0.2, 0) is 19.6 Å². The molecule has 2 aromatic rings. The maximum absolute atomic E-state index is 12.7. The zero-order valence-electron chi connectivity index (χ0n) is 17.3. The highest BCUT2D eigenvalue weighted by atomic mass is 32.2. The van der Waals surface area contributed by atoms with E-state index < -0.39 is 22.1 Å². The molecular formula is C21H26N2O6S. The molecular weight excluding hydrogens is 408 g/mol. The summed E-state index contributed by atoms with van der Waals surface area (Å²) in [6.07, 6.45) is -0.726. The van der Waals surface area contributed by atoms with Crippen LogP contribution in [0.1, 0.15) is 31.1 Å². The molecule has 1 atom stereocenters. The Balaban J connectivity index is 2.10. The van der Waals surface area contributed by atoms with Crippen molar-refractivity contribution < 1.29 is 27.5 Å². The van der Waals surface area contributed by atoms with E-state index in [9.17, 15) is 18.0 Å². The molecule has 2 N–H and O–H groups in total. The van der Waals surface area contributed by atoms with Gasteiger partial charge in [0.2, 0.25) is 0 Å². The fourth-order valence-corrected chi connectivity index (χ4v) is 3.55. The standard InChI is InChI=1S/C21H26N2O6S/c1-14(2)13-22-20(24)15(3)29-16-9-11-17(12-10-16)30(26,27)23-19-8-6-5-7-18(19)21(25)28-4/h5-12,14-15,23H,13H2,1-4H3,(H,22,24)/t15-/m0/s1. The number of carbonyl (C=O) groups excluding carboxylic acids is 2. The van der Waals surface area contributed by atoms with Crippen molar-refractivity contribution in [2.24, 2.45) is 5.92 Å². The van der Waals surface area contributed by atoms with E-state index in [4.69, 9.17) is 4.74 Å². The van der Waals surface area contributed by atoms with Crippen LogP contribution in [0.4, 0.5) is 5.69 Å². The maximum atomic E-state index is 12.7. The third kappa shape index (κ3) is 6.21. The van der Waals surface area contributed by atoms with Crippen LogP contribution in [0.3, 0.4) is 0 Å². The molecule has 2 aromatic carbocycles. The van der Waals surface area contributed by atoms with Gasteiger partial charge in [0.25, 0.3) is 15.9 Å². The number of nitrogens with one attached hydrogen (secondary N) is 2. The number of anilines is 1. The van der Waals surface area contributed by atoms with Gasteiger partial charge in [-0.15, -0.1) is 0 Å². The molecule has 1 amide bonds. The number of carbonyl (C=O) groups is 2. The Morgan fingerprint density at radius 3 is 2.23 bits per heavy atom. The molecule has 162 valence electrons. The van der Waals surface area contributed by atoms with Crippen LogP contribution in [0.2, 0.25) is 0 Å². The van der Waals surface area contributed by atoms with E-state index in [1.165, 1.54) is 43.5 Å². The summed E-state index contributed by atoms with van der Waals surface area (Å²) in [7, 11) is -2.73. The Labute approximate surface area is 176 Å². The quantitative estimate of drug-likeness (QED) is 0.587. The lowest BCUT2D eigenvalue weighted by Gasteiger charge is -2.16. The largest absolute Gasteiger partial charge is 0.481 e. The van der Waals surface area contributed by atoms with Gasteiger partial charge in [-0.2, -0.15) is 0 Å². The second-order valence-corrected chi connectivity index (χ2v) is 8.70. The molecule has 0 fully saturated rings. The molecule has 2 rings (SSSR count). The number of hydrogen-bond acceptors (Lipinski definition) is 6. The first-order chi connectivity index (χ1) is 14.1. The molecule has 0 spiro atoms. The third-order valence-electron chi connectivity index (χ3n) is 4.08. The highest BCUT2D eigenvalue weighted by Crippen LogP contribution is 2.23. The van der Waals surface area contributed by atoms with E-state index in [1.54, 1.807) is 19.1 Å². The average molecular weight is 435 g/mol. The molecule has 0 aromatic heterocycles. The van der Waals surface area contributed by atoms with Crippen LogP contribution in [0.15, 0.2) is 53.4 Å². The lowest BCUT2D eigenvalue weighted by atomic mass is 10.2. The fraction of sp³-hybridized carbons (Fsp3) is 0.333. The monoisotopic (exact) mass is 434 g/mol. The van der Waals surface area contributed by atoms with Gasteiger partial charge >= 0.3 is 5.97 Å². The number of sulfonamides is 1. The van der Waals surface area contributed by atoms with Crippen LogP contribution in [0, 0.1) is 5.92 Å². The molecule has 0 radical (unpaired) electrons. The molecule has 8 nitrogen and oxygen atoms in total. The van der Waals surface area contributed by atoms with Gasteiger partial charge < -0.3 is 14.8 Å². The minimum atomic E-state index is -3.95. The van der Waals surface area contributed by atoms with E-state index in [2.05, 4.69) is 14.8 Å². The van der Waals surface area contributed by atoms with E-state index >= 15 is 0 Å². The van der Waals surface area contributed by atoms with Gasteiger partial charge in [-0.05, 0) is 49.2 Å². The van der Waals surface area contributed by atoms with Gasteiger partial charge in [-0.25, -0.2) is 13.2 Å². The Hall–Kier alpha value is -3.07. The summed E-state index contributed by atoms with van der Waals surface area (Å²) in [4.78, 5) is 23.8. The zero-order valence-corrected chi connectivity index (χ0v) is 18.2. The number of hydrogen-bond donors (Lipinski definition) is 2. The van der Waals surface area contributed by atoms with Crippen molar-refractivity contribution in [2.45, 2.75) is 31.8 Å².